The van der Waals surface area contributed by atoms with Crippen LogP contribution in [-0.4, -0.2) is 77.2 Å². The van der Waals surface area contributed by atoms with E-state index in [1.54, 1.807) is 4.90 Å². The smallest absolute Gasteiger partial charge is 0.421 e. The minimum Gasteiger partial charge on any atom is -0.449 e. The van der Waals surface area contributed by atoms with Crippen LogP contribution in [0, 0.1) is 0 Å². The van der Waals surface area contributed by atoms with E-state index in [2.05, 4.69) is 37.5 Å². The molecule has 2 aliphatic rings. The highest BCUT2D eigenvalue weighted by molar-refractivity contribution is 5.67. The molecule has 2 saturated heterocycles. The second kappa shape index (κ2) is 11.1. The van der Waals surface area contributed by atoms with Crippen LogP contribution in [0.5, 0.6) is 0 Å². The fourth-order valence-electron chi connectivity index (χ4n) is 4.11. The highest BCUT2D eigenvalue weighted by atomic mass is 19.4. The molecular weight excluding hydrogens is 467 g/mol. The van der Waals surface area contributed by atoms with Gasteiger partial charge in [-0.2, -0.15) is 23.1 Å². The molecule has 1 amide bonds. The van der Waals surface area contributed by atoms with Crippen LogP contribution in [0.25, 0.3) is 0 Å². The van der Waals surface area contributed by atoms with Crippen LogP contribution in [0.4, 0.5) is 35.5 Å². The van der Waals surface area contributed by atoms with Crippen LogP contribution < -0.4 is 10.6 Å². The van der Waals surface area contributed by atoms with Crippen molar-refractivity contribution >= 4 is 23.7 Å². The summed E-state index contributed by atoms with van der Waals surface area (Å²) in [6.45, 7) is 3.43. The largest absolute Gasteiger partial charge is 0.449 e. The van der Waals surface area contributed by atoms with Crippen molar-refractivity contribution in [3.05, 3.63) is 23.9 Å². The topological polar surface area (TPSA) is 109 Å². The number of carbonyl (C=O) groups excluding carboxylic acids is 1. The lowest BCUT2D eigenvalue weighted by Crippen LogP contribution is -2.32. The third-order valence-corrected chi connectivity index (χ3v) is 6.13. The van der Waals surface area contributed by atoms with Crippen molar-refractivity contribution in [1.29, 1.82) is 0 Å². The summed E-state index contributed by atoms with van der Waals surface area (Å²) >= 11 is 0. The second-order valence-electron chi connectivity index (χ2n) is 8.82. The van der Waals surface area contributed by atoms with Crippen molar-refractivity contribution in [2.45, 2.75) is 44.2 Å². The molecule has 0 aromatic carbocycles. The quantitative estimate of drug-likeness (QED) is 0.522. The molecule has 0 bridgehead atoms. The SMILES string of the molecule is CN1CCC(c2nc(Nc3ncc(C(F)(F)F)c(NCCCN4CCCCOC4=O)n3)co2)CC1. The van der Waals surface area contributed by atoms with Crippen LogP contribution in [0.3, 0.4) is 0 Å². The molecule has 0 aliphatic carbocycles. The van der Waals surface area contributed by atoms with Gasteiger partial charge < -0.3 is 29.6 Å². The molecule has 4 heterocycles. The number of cyclic esters (lactones) is 1. The zero-order valence-corrected chi connectivity index (χ0v) is 19.6. The number of aromatic nitrogens is 3. The number of ether oxygens (including phenoxy) is 1. The van der Waals surface area contributed by atoms with Crippen LogP contribution in [0.1, 0.15) is 49.5 Å². The Morgan fingerprint density at radius 3 is 2.74 bits per heavy atom. The summed E-state index contributed by atoms with van der Waals surface area (Å²) in [4.78, 5) is 28.0. The van der Waals surface area contributed by atoms with E-state index < -0.39 is 11.7 Å². The molecule has 2 aromatic heterocycles. The number of halogens is 3. The lowest BCUT2D eigenvalue weighted by molar-refractivity contribution is -0.137. The van der Waals surface area contributed by atoms with Crippen molar-refractivity contribution in [3.8, 4) is 0 Å². The van der Waals surface area contributed by atoms with E-state index in [0.29, 0.717) is 37.8 Å². The molecule has 0 unspecified atom stereocenters. The molecule has 2 aliphatic heterocycles. The first-order valence-electron chi connectivity index (χ1n) is 11.8. The fraction of sp³-hybridized carbons (Fsp3) is 0.636. The predicted molar refractivity (Wildman–Crippen MR) is 122 cm³/mol. The molecule has 4 rings (SSSR count). The first-order chi connectivity index (χ1) is 16.8. The van der Waals surface area contributed by atoms with Crippen LogP contribution in [0.15, 0.2) is 16.9 Å². The Kier molecular flexibility index (Phi) is 7.93. The van der Waals surface area contributed by atoms with Crippen LogP contribution >= 0.6 is 0 Å². The molecule has 13 heteroatoms. The van der Waals surface area contributed by atoms with Crippen molar-refractivity contribution < 1.29 is 27.1 Å². The minimum absolute atomic E-state index is 0.0279. The number of anilines is 3. The molecule has 2 N–H and O–H groups in total. The second-order valence-corrected chi connectivity index (χ2v) is 8.82. The molecule has 2 fully saturated rings. The van der Waals surface area contributed by atoms with Gasteiger partial charge in [0.2, 0.25) is 5.95 Å². The van der Waals surface area contributed by atoms with Gasteiger partial charge in [-0.1, -0.05) is 0 Å². The van der Waals surface area contributed by atoms with Gasteiger partial charge in [0.25, 0.3) is 0 Å². The van der Waals surface area contributed by atoms with Gasteiger partial charge in [0.1, 0.15) is 17.6 Å². The molecule has 10 nitrogen and oxygen atoms in total. The molecule has 0 spiro atoms. The number of oxazole rings is 1. The molecule has 0 saturated carbocycles. The van der Waals surface area contributed by atoms with Gasteiger partial charge in [-0.05, 0) is 52.2 Å². The Morgan fingerprint density at radius 1 is 1.17 bits per heavy atom. The summed E-state index contributed by atoms with van der Waals surface area (Å²) in [5, 5.41) is 5.57. The first kappa shape index (κ1) is 25.0. The summed E-state index contributed by atoms with van der Waals surface area (Å²) < 4.78 is 51.2. The van der Waals surface area contributed by atoms with Gasteiger partial charge in [-0.3, -0.25) is 0 Å². The predicted octanol–water partition coefficient (Wildman–Crippen LogP) is 4.07. The van der Waals surface area contributed by atoms with Gasteiger partial charge >= 0.3 is 12.3 Å². The molecule has 192 valence electrons. The summed E-state index contributed by atoms with van der Waals surface area (Å²) in [6.07, 6.45) is 1.07. The number of likely N-dealkylation sites (tertiary alicyclic amines) is 1. The van der Waals surface area contributed by atoms with E-state index >= 15 is 0 Å². The zero-order chi connectivity index (χ0) is 24.8. The zero-order valence-electron chi connectivity index (χ0n) is 19.6. The van der Waals surface area contributed by atoms with E-state index in [0.717, 1.165) is 45.0 Å². The normalized spacial score (nSPS) is 18.3. The fourth-order valence-corrected chi connectivity index (χ4v) is 4.11. The van der Waals surface area contributed by atoms with E-state index in [4.69, 9.17) is 9.15 Å². The number of carbonyl (C=O) groups is 1. The van der Waals surface area contributed by atoms with Crippen molar-refractivity contribution in [2.24, 2.45) is 0 Å². The van der Waals surface area contributed by atoms with Crippen molar-refractivity contribution in [3.63, 3.8) is 0 Å². The summed E-state index contributed by atoms with van der Waals surface area (Å²) in [5.41, 5.74) is -0.968. The number of amides is 1. The van der Waals surface area contributed by atoms with Gasteiger partial charge in [0.15, 0.2) is 11.7 Å². The molecule has 0 atom stereocenters. The van der Waals surface area contributed by atoms with E-state index in [-0.39, 0.29) is 30.3 Å². The van der Waals surface area contributed by atoms with Gasteiger partial charge in [-0.25, -0.2) is 9.78 Å². The molecule has 0 radical (unpaired) electrons. The molecule has 2 aromatic rings. The highest BCUT2D eigenvalue weighted by Gasteiger charge is 2.35. The highest BCUT2D eigenvalue weighted by Crippen LogP contribution is 2.34. The number of nitrogens with one attached hydrogen (secondary N) is 2. The van der Waals surface area contributed by atoms with E-state index in [1.165, 1.54) is 6.26 Å². The Balaban J connectivity index is 1.38. The molecular formula is C22H30F3N7O3. The summed E-state index contributed by atoms with van der Waals surface area (Å²) in [6, 6.07) is 0. The number of nitrogens with zero attached hydrogens (tertiary/aromatic N) is 5. The Bertz CT molecular complexity index is 993. The number of hydrogen-bond donors (Lipinski definition) is 2. The van der Waals surface area contributed by atoms with Gasteiger partial charge in [0.05, 0.1) is 6.61 Å². The Labute approximate surface area is 201 Å². The maximum Gasteiger partial charge on any atom is 0.421 e. The van der Waals surface area contributed by atoms with Crippen LogP contribution in [-0.2, 0) is 10.9 Å². The summed E-state index contributed by atoms with van der Waals surface area (Å²) in [5.74, 6) is 0.767. The number of piperidine rings is 1. The number of alkyl halides is 3. The number of hydrogen-bond acceptors (Lipinski definition) is 9. The standard InChI is InChI=1S/C22H30F3N7O3/c1-31-10-5-15(6-11-31)19-28-17(14-35-19)29-20-27-13-16(22(23,24)25)18(30-20)26-7-4-9-32-8-2-3-12-34-21(32)33/h13-15H,2-12H2,1H3,(H2,26,27,29,30). The third-order valence-electron chi connectivity index (χ3n) is 6.13. The third kappa shape index (κ3) is 6.74. The van der Waals surface area contributed by atoms with Crippen LogP contribution in [0.2, 0.25) is 0 Å². The van der Waals surface area contributed by atoms with Crippen molar-refractivity contribution in [2.75, 3.05) is 57.0 Å². The Hall–Kier alpha value is -3.09. The first-order valence-corrected chi connectivity index (χ1v) is 11.8. The van der Waals surface area contributed by atoms with Gasteiger partial charge in [-0.15, -0.1) is 0 Å². The minimum atomic E-state index is -4.62. The average Bonchev–Trinajstić information content (AvgIpc) is 3.18. The lowest BCUT2D eigenvalue weighted by atomic mass is 9.97. The Morgan fingerprint density at radius 2 is 1.97 bits per heavy atom. The van der Waals surface area contributed by atoms with E-state index in [9.17, 15) is 18.0 Å². The van der Waals surface area contributed by atoms with E-state index in [1.807, 2.05) is 0 Å². The molecule has 35 heavy (non-hydrogen) atoms. The monoisotopic (exact) mass is 497 g/mol. The van der Waals surface area contributed by atoms with Gasteiger partial charge in [0, 0.05) is 31.7 Å². The maximum absolute atomic E-state index is 13.5. The van der Waals surface area contributed by atoms with Crippen molar-refractivity contribution in [1.82, 2.24) is 24.8 Å². The average molecular weight is 498 g/mol. The maximum atomic E-state index is 13.5. The lowest BCUT2D eigenvalue weighted by Gasteiger charge is -2.26. The summed E-state index contributed by atoms with van der Waals surface area (Å²) in [7, 11) is 2.06. The number of rotatable bonds is 8.